The van der Waals surface area contributed by atoms with Crippen LogP contribution in [0.3, 0.4) is 0 Å². The van der Waals surface area contributed by atoms with Crippen molar-refractivity contribution in [3.8, 4) is 0 Å². The van der Waals surface area contributed by atoms with E-state index in [1.807, 2.05) is 6.26 Å². The molecule has 0 radical (unpaired) electrons. The third kappa shape index (κ3) is 0.928. The molecule has 0 bridgehead atoms. The number of aromatic nitrogens is 3. The quantitative estimate of drug-likeness (QED) is 0.552. The molecule has 0 aliphatic carbocycles. The summed E-state index contributed by atoms with van der Waals surface area (Å²) >= 11 is 1.57. The average Bonchev–Trinajstić information content (AvgIpc) is 2.14. The van der Waals surface area contributed by atoms with E-state index in [2.05, 4.69) is 15.4 Å². The van der Waals surface area contributed by atoms with E-state index >= 15 is 0 Å². The van der Waals surface area contributed by atoms with Crippen LogP contribution < -0.4 is 0 Å². The zero-order valence-electron chi connectivity index (χ0n) is 3.88. The minimum Gasteiger partial charge on any atom is -0.197 e. The van der Waals surface area contributed by atoms with Crippen LogP contribution in [-0.4, -0.2) is 21.7 Å². The molecule has 3 nitrogen and oxygen atoms in total. The number of thioether (sulfide) groups is 1. The van der Waals surface area contributed by atoms with Crippen LogP contribution in [0.4, 0.5) is 0 Å². The maximum atomic E-state index is 3.76. The normalized spacial score (nSPS) is 9.29. The van der Waals surface area contributed by atoms with Crippen molar-refractivity contribution in [2.75, 3.05) is 6.26 Å². The Balaban J connectivity index is 0.000000490. The number of hydrogen-bond donors (Lipinski definition) is 1. The molecule has 0 saturated carbocycles. The van der Waals surface area contributed by atoms with E-state index in [0.29, 0.717) is 0 Å². The molecule has 1 aromatic rings. The summed E-state index contributed by atoms with van der Waals surface area (Å²) in [5, 5.41) is 10.8. The van der Waals surface area contributed by atoms with E-state index in [0.717, 1.165) is 5.03 Å². The molecule has 1 aromatic heterocycles. The van der Waals surface area contributed by atoms with Crippen LogP contribution in [0.5, 0.6) is 0 Å². The van der Waals surface area contributed by atoms with Crippen molar-refractivity contribution in [1.82, 2.24) is 15.4 Å². The summed E-state index contributed by atoms with van der Waals surface area (Å²) in [6.45, 7) is 0. The summed E-state index contributed by atoms with van der Waals surface area (Å²) in [6, 6.07) is 0. The van der Waals surface area contributed by atoms with E-state index in [-0.39, 0.29) is 1.43 Å². The van der Waals surface area contributed by atoms with Crippen molar-refractivity contribution >= 4 is 11.8 Å². The maximum absolute atomic E-state index is 3.76. The van der Waals surface area contributed by atoms with Gasteiger partial charge in [-0.2, -0.15) is 10.3 Å². The molecule has 7 heavy (non-hydrogen) atoms. The Morgan fingerprint density at radius 3 is 3.14 bits per heavy atom. The first-order valence-electron chi connectivity index (χ1n) is 1.83. The molecule has 0 atom stereocenters. The molecule has 0 amide bonds. The van der Waals surface area contributed by atoms with E-state index < -0.39 is 0 Å². The minimum atomic E-state index is 0. The molecule has 0 aliphatic rings. The zero-order chi connectivity index (χ0) is 5.11. The Kier molecular flexibility index (Phi) is 1.31. The number of nitrogens with one attached hydrogen (secondary N) is 1. The first kappa shape index (κ1) is 4.64. The van der Waals surface area contributed by atoms with Crippen LogP contribution >= 0.6 is 11.8 Å². The van der Waals surface area contributed by atoms with Crippen LogP contribution in [-0.2, 0) is 0 Å². The van der Waals surface area contributed by atoms with Crippen molar-refractivity contribution in [2.24, 2.45) is 0 Å². The van der Waals surface area contributed by atoms with Crippen molar-refractivity contribution in [2.45, 2.75) is 5.03 Å². The molecule has 0 aliphatic heterocycles. The summed E-state index contributed by atoms with van der Waals surface area (Å²) in [4.78, 5) is 0. The fraction of sp³-hybridized carbons (Fsp3) is 0.333. The van der Waals surface area contributed by atoms with Gasteiger partial charge in [0.15, 0.2) is 0 Å². The maximum Gasteiger partial charge on any atom is 0.138 e. The lowest BCUT2D eigenvalue weighted by Crippen LogP contribution is -1.66. The zero-order valence-corrected chi connectivity index (χ0v) is 4.70. The number of H-pyrrole nitrogens is 1. The topological polar surface area (TPSA) is 41.6 Å². The molecule has 1 N–H and O–H groups in total. The molecule has 40 valence electrons. The predicted octanol–water partition coefficient (Wildman–Crippen LogP) is 0.773. The largest absolute Gasteiger partial charge is 0.197 e. The van der Waals surface area contributed by atoms with Crippen LogP contribution in [0.2, 0.25) is 0 Å². The van der Waals surface area contributed by atoms with Gasteiger partial charge in [0.1, 0.15) is 5.03 Å². The van der Waals surface area contributed by atoms with Crippen LogP contribution in [0, 0.1) is 0 Å². The molecule has 1 heterocycles. The number of nitrogens with zero attached hydrogens (tertiary/aromatic N) is 2. The first-order chi connectivity index (χ1) is 3.43. The second-order valence-corrected chi connectivity index (χ2v) is 1.84. The first-order valence-corrected chi connectivity index (χ1v) is 3.05. The predicted molar refractivity (Wildman–Crippen MR) is 30.3 cm³/mol. The van der Waals surface area contributed by atoms with Gasteiger partial charge in [0.2, 0.25) is 0 Å². The molecular formula is C3H7N3S. The highest BCUT2D eigenvalue weighted by Gasteiger charge is 1.85. The van der Waals surface area contributed by atoms with Gasteiger partial charge < -0.3 is 0 Å². The Morgan fingerprint density at radius 2 is 2.86 bits per heavy atom. The Bertz CT molecular complexity index is 129. The van der Waals surface area contributed by atoms with Gasteiger partial charge in [0.25, 0.3) is 0 Å². The highest BCUT2D eigenvalue weighted by molar-refractivity contribution is 7.98. The Morgan fingerprint density at radius 1 is 2.00 bits per heavy atom. The smallest absolute Gasteiger partial charge is 0.138 e. The van der Waals surface area contributed by atoms with Gasteiger partial charge in [-0.25, -0.2) is 0 Å². The van der Waals surface area contributed by atoms with Crippen LogP contribution in [0.25, 0.3) is 0 Å². The van der Waals surface area contributed by atoms with Crippen LogP contribution in [0.1, 0.15) is 1.43 Å². The van der Waals surface area contributed by atoms with Gasteiger partial charge in [0.05, 0.1) is 6.20 Å². The van der Waals surface area contributed by atoms with Gasteiger partial charge in [-0.3, -0.25) is 0 Å². The summed E-state index contributed by atoms with van der Waals surface area (Å²) in [6.07, 6.45) is 3.64. The number of hydrogen-bond acceptors (Lipinski definition) is 3. The summed E-state index contributed by atoms with van der Waals surface area (Å²) in [5.41, 5.74) is 0. The lowest BCUT2D eigenvalue weighted by Gasteiger charge is -1.74. The Labute approximate surface area is 47.0 Å². The van der Waals surface area contributed by atoms with Crippen LogP contribution in [0.15, 0.2) is 11.2 Å². The molecule has 0 spiro atoms. The van der Waals surface area contributed by atoms with E-state index in [4.69, 9.17) is 0 Å². The summed E-state index contributed by atoms with van der Waals surface area (Å²) in [5.74, 6) is 0. The third-order valence-corrected chi connectivity index (χ3v) is 1.22. The molecule has 0 unspecified atom stereocenters. The van der Waals surface area contributed by atoms with Crippen molar-refractivity contribution < 1.29 is 1.43 Å². The molecule has 0 fully saturated rings. The molecule has 0 aromatic carbocycles. The standard InChI is InChI=1S/C3H5N3S.H2/c1-7-3-2-4-6-5-3;/h2H,1H3,(H,4,5,6);1H. The van der Waals surface area contributed by atoms with Gasteiger partial charge >= 0.3 is 0 Å². The SMILES string of the molecule is CSc1cn[nH]n1.[HH]. The summed E-state index contributed by atoms with van der Waals surface area (Å²) in [7, 11) is 0. The van der Waals surface area contributed by atoms with E-state index in [9.17, 15) is 0 Å². The lowest BCUT2D eigenvalue weighted by atomic mass is 11.0. The van der Waals surface area contributed by atoms with Crippen molar-refractivity contribution in [3.05, 3.63) is 6.20 Å². The second kappa shape index (κ2) is 1.97. The van der Waals surface area contributed by atoms with Crippen molar-refractivity contribution in [1.29, 1.82) is 0 Å². The highest BCUT2D eigenvalue weighted by Crippen LogP contribution is 2.05. The van der Waals surface area contributed by atoms with Gasteiger partial charge in [-0.05, 0) is 6.26 Å². The molecular weight excluding hydrogens is 110 g/mol. The number of rotatable bonds is 1. The third-order valence-electron chi connectivity index (χ3n) is 0.602. The van der Waals surface area contributed by atoms with Gasteiger partial charge in [-0.15, -0.1) is 16.9 Å². The van der Waals surface area contributed by atoms with E-state index in [1.54, 1.807) is 18.0 Å². The summed E-state index contributed by atoms with van der Waals surface area (Å²) < 4.78 is 0. The highest BCUT2D eigenvalue weighted by atomic mass is 32.2. The van der Waals surface area contributed by atoms with Crippen molar-refractivity contribution in [3.63, 3.8) is 0 Å². The molecule has 1 rings (SSSR count). The number of aromatic amines is 1. The average molecular weight is 117 g/mol. The van der Waals surface area contributed by atoms with Gasteiger partial charge in [-0.1, -0.05) is 0 Å². The molecule has 4 heteroatoms. The monoisotopic (exact) mass is 117 g/mol. The fourth-order valence-electron chi connectivity index (χ4n) is 0.289. The second-order valence-electron chi connectivity index (χ2n) is 1.01. The fourth-order valence-corrected chi connectivity index (χ4v) is 0.580. The lowest BCUT2D eigenvalue weighted by molar-refractivity contribution is 0.911. The minimum absolute atomic E-state index is 0. The van der Waals surface area contributed by atoms with Gasteiger partial charge in [0, 0.05) is 1.43 Å². The van der Waals surface area contributed by atoms with E-state index in [1.165, 1.54) is 0 Å². The molecule has 0 saturated heterocycles. The Hall–Kier alpha value is -0.510.